The number of benzene rings is 1. The van der Waals surface area contributed by atoms with E-state index in [2.05, 4.69) is 5.32 Å². The van der Waals surface area contributed by atoms with Gasteiger partial charge >= 0.3 is 0 Å². The van der Waals surface area contributed by atoms with E-state index in [9.17, 15) is 4.79 Å². The third kappa shape index (κ3) is 2.83. The fraction of sp³-hybridized carbons (Fsp3) is 0.462. The maximum atomic E-state index is 12.2. The third-order valence-corrected chi connectivity index (χ3v) is 2.54. The second kappa shape index (κ2) is 5.12. The van der Waals surface area contributed by atoms with Gasteiger partial charge in [0.1, 0.15) is 5.75 Å². The zero-order valence-corrected chi connectivity index (χ0v) is 10.3. The van der Waals surface area contributed by atoms with Crippen LogP contribution in [0.5, 0.6) is 5.75 Å². The SMILES string of the molecule is CCNC(C)(C)C(=O)c1ccc(OC)cc1. The second-order valence-corrected chi connectivity index (χ2v) is 4.21. The summed E-state index contributed by atoms with van der Waals surface area (Å²) >= 11 is 0. The molecule has 0 saturated carbocycles. The molecule has 0 amide bonds. The molecule has 88 valence electrons. The van der Waals surface area contributed by atoms with Crippen molar-refractivity contribution in [2.75, 3.05) is 13.7 Å². The molecule has 1 aromatic rings. The smallest absolute Gasteiger partial charge is 0.182 e. The van der Waals surface area contributed by atoms with Crippen molar-refractivity contribution < 1.29 is 9.53 Å². The van der Waals surface area contributed by atoms with Crippen LogP contribution >= 0.6 is 0 Å². The fourth-order valence-corrected chi connectivity index (χ4v) is 1.63. The minimum Gasteiger partial charge on any atom is -0.497 e. The van der Waals surface area contributed by atoms with Crippen molar-refractivity contribution in [3.8, 4) is 5.75 Å². The van der Waals surface area contributed by atoms with E-state index < -0.39 is 5.54 Å². The zero-order chi connectivity index (χ0) is 12.2. The number of ether oxygens (including phenoxy) is 1. The number of methoxy groups -OCH3 is 1. The lowest BCUT2D eigenvalue weighted by atomic mass is 9.93. The van der Waals surface area contributed by atoms with Gasteiger partial charge in [-0.15, -0.1) is 0 Å². The summed E-state index contributed by atoms with van der Waals surface area (Å²) in [6, 6.07) is 7.19. The molecule has 0 unspecified atom stereocenters. The average molecular weight is 221 g/mol. The molecular formula is C13H19NO2. The highest BCUT2D eigenvalue weighted by atomic mass is 16.5. The second-order valence-electron chi connectivity index (χ2n) is 4.21. The summed E-state index contributed by atoms with van der Waals surface area (Å²) in [5.41, 5.74) is 0.176. The number of hydrogen-bond acceptors (Lipinski definition) is 3. The molecule has 3 nitrogen and oxygen atoms in total. The molecule has 1 rings (SSSR count). The molecule has 0 fully saturated rings. The number of ketones is 1. The van der Waals surface area contributed by atoms with Crippen LogP contribution in [0.4, 0.5) is 0 Å². The Bertz CT molecular complexity index is 355. The number of hydrogen-bond donors (Lipinski definition) is 1. The summed E-state index contributed by atoms with van der Waals surface area (Å²) < 4.78 is 5.06. The Hall–Kier alpha value is -1.35. The van der Waals surface area contributed by atoms with Crippen LogP contribution < -0.4 is 10.1 Å². The zero-order valence-electron chi connectivity index (χ0n) is 10.3. The largest absolute Gasteiger partial charge is 0.497 e. The Morgan fingerprint density at radius 1 is 1.31 bits per heavy atom. The maximum Gasteiger partial charge on any atom is 0.182 e. The minimum atomic E-state index is -0.524. The summed E-state index contributed by atoms with van der Waals surface area (Å²) in [6.07, 6.45) is 0. The van der Waals surface area contributed by atoms with Gasteiger partial charge in [0.25, 0.3) is 0 Å². The molecule has 0 aliphatic carbocycles. The van der Waals surface area contributed by atoms with E-state index in [4.69, 9.17) is 4.74 Å². The maximum absolute atomic E-state index is 12.2. The topological polar surface area (TPSA) is 38.3 Å². The van der Waals surface area contributed by atoms with Gasteiger partial charge in [-0.05, 0) is 44.7 Å². The molecule has 0 aliphatic rings. The van der Waals surface area contributed by atoms with Crippen molar-refractivity contribution in [1.82, 2.24) is 5.32 Å². The Balaban J connectivity index is 2.87. The summed E-state index contributed by atoms with van der Waals surface area (Å²) in [5.74, 6) is 0.856. The van der Waals surface area contributed by atoms with Gasteiger partial charge < -0.3 is 10.1 Å². The van der Waals surface area contributed by atoms with Gasteiger partial charge in [-0.3, -0.25) is 4.79 Å². The lowest BCUT2D eigenvalue weighted by Crippen LogP contribution is -2.46. The molecule has 0 atom stereocenters. The number of nitrogens with one attached hydrogen (secondary N) is 1. The number of Topliss-reactive ketones (excluding diaryl/α,β-unsaturated/α-hetero) is 1. The van der Waals surface area contributed by atoms with E-state index >= 15 is 0 Å². The molecule has 0 bridgehead atoms. The summed E-state index contributed by atoms with van der Waals surface area (Å²) in [4.78, 5) is 12.2. The van der Waals surface area contributed by atoms with E-state index in [-0.39, 0.29) is 5.78 Å². The van der Waals surface area contributed by atoms with Crippen LogP contribution in [0, 0.1) is 0 Å². The molecule has 1 aromatic carbocycles. The Morgan fingerprint density at radius 3 is 2.31 bits per heavy atom. The first-order chi connectivity index (χ1) is 7.51. The first-order valence-corrected chi connectivity index (χ1v) is 5.45. The van der Waals surface area contributed by atoms with Gasteiger partial charge in [-0.25, -0.2) is 0 Å². The number of likely N-dealkylation sites (N-methyl/N-ethyl adjacent to an activating group) is 1. The summed E-state index contributed by atoms with van der Waals surface area (Å²) in [6.45, 7) is 6.55. The van der Waals surface area contributed by atoms with Gasteiger partial charge in [0.05, 0.1) is 12.6 Å². The highest BCUT2D eigenvalue weighted by Crippen LogP contribution is 2.16. The van der Waals surface area contributed by atoms with Crippen molar-refractivity contribution in [3.63, 3.8) is 0 Å². The molecule has 0 heterocycles. The van der Waals surface area contributed by atoms with Gasteiger partial charge in [-0.2, -0.15) is 0 Å². The fourth-order valence-electron chi connectivity index (χ4n) is 1.63. The minimum absolute atomic E-state index is 0.0944. The van der Waals surface area contributed by atoms with E-state index in [0.717, 1.165) is 12.3 Å². The summed E-state index contributed by atoms with van der Waals surface area (Å²) in [7, 11) is 1.61. The lowest BCUT2D eigenvalue weighted by Gasteiger charge is -2.24. The number of carbonyl (C=O) groups is 1. The number of carbonyl (C=O) groups excluding carboxylic acids is 1. The van der Waals surface area contributed by atoms with E-state index in [1.54, 1.807) is 31.4 Å². The first-order valence-electron chi connectivity index (χ1n) is 5.45. The Kier molecular flexibility index (Phi) is 4.07. The van der Waals surface area contributed by atoms with Gasteiger partial charge in [-0.1, -0.05) is 6.92 Å². The first kappa shape index (κ1) is 12.7. The monoisotopic (exact) mass is 221 g/mol. The van der Waals surface area contributed by atoms with Gasteiger partial charge in [0.15, 0.2) is 5.78 Å². The van der Waals surface area contributed by atoms with Crippen molar-refractivity contribution in [3.05, 3.63) is 29.8 Å². The van der Waals surface area contributed by atoms with Crippen LogP contribution in [0.1, 0.15) is 31.1 Å². The molecule has 16 heavy (non-hydrogen) atoms. The van der Waals surface area contributed by atoms with E-state index in [1.165, 1.54) is 0 Å². The van der Waals surface area contributed by atoms with Crippen LogP contribution in [-0.2, 0) is 0 Å². The predicted molar refractivity (Wildman–Crippen MR) is 65.1 cm³/mol. The van der Waals surface area contributed by atoms with Crippen molar-refractivity contribution in [2.45, 2.75) is 26.3 Å². The standard InChI is InChI=1S/C13H19NO2/c1-5-14-13(2,3)12(15)10-6-8-11(16-4)9-7-10/h6-9,14H,5H2,1-4H3. The number of rotatable bonds is 5. The average Bonchev–Trinajstić information content (AvgIpc) is 2.28. The summed E-state index contributed by atoms with van der Waals surface area (Å²) in [5, 5.41) is 3.17. The van der Waals surface area contributed by atoms with Crippen LogP contribution in [-0.4, -0.2) is 25.0 Å². The molecule has 3 heteroatoms. The normalized spacial score (nSPS) is 11.2. The molecule has 0 spiro atoms. The predicted octanol–water partition coefficient (Wildman–Crippen LogP) is 2.27. The van der Waals surface area contributed by atoms with Crippen LogP contribution in [0.25, 0.3) is 0 Å². The quantitative estimate of drug-likeness (QED) is 0.775. The molecule has 0 radical (unpaired) electrons. The van der Waals surface area contributed by atoms with E-state index in [1.807, 2.05) is 20.8 Å². The van der Waals surface area contributed by atoms with Crippen LogP contribution in [0.2, 0.25) is 0 Å². The third-order valence-electron chi connectivity index (χ3n) is 2.54. The molecule has 0 saturated heterocycles. The lowest BCUT2D eigenvalue weighted by molar-refractivity contribution is 0.0884. The van der Waals surface area contributed by atoms with E-state index in [0.29, 0.717) is 5.56 Å². The highest BCUT2D eigenvalue weighted by molar-refractivity contribution is 6.02. The molecule has 1 N–H and O–H groups in total. The van der Waals surface area contributed by atoms with Crippen molar-refractivity contribution >= 4 is 5.78 Å². The Morgan fingerprint density at radius 2 is 1.88 bits per heavy atom. The Labute approximate surface area is 96.8 Å². The van der Waals surface area contributed by atoms with Gasteiger partial charge in [0.2, 0.25) is 0 Å². The molecule has 0 aliphatic heterocycles. The van der Waals surface area contributed by atoms with Gasteiger partial charge in [0, 0.05) is 5.56 Å². The molecule has 0 aromatic heterocycles. The molecular weight excluding hydrogens is 202 g/mol. The van der Waals surface area contributed by atoms with Crippen molar-refractivity contribution in [1.29, 1.82) is 0 Å². The van der Waals surface area contributed by atoms with Crippen molar-refractivity contribution in [2.24, 2.45) is 0 Å². The highest BCUT2D eigenvalue weighted by Gasteiger charge is 2.27. The van der Waals surface area contributed by atoms with Crippen LogP contribution in [0.15, 0.2) is 24.3 Å². The van der Waals surface area contributed by atoms with Crippen LogP contribution in [0.3, 0.4) is 0 Å².